The molecule has 1 aromatic heterocycles. The molecule has 4 heteroatoms. The first-order chi connectivity index (χ1) is 8.61. The van der Waals surface area contributed by atoms with Crippen molar-refractivity contribution in [2.24, 2.45) is 0 Å². The van der Waals surface area contributed by atoms with Gasteiger partial charge in [-0.2, -0.15) is 5.10 Å². The number of benzene rings is 1. The Kier molecular flexibility index (Phi) is 3.55. The van der Waals surface area contributed by atoms with Gasteiger partial charge in [0.2, 0.25) is 0 Å². The SMILES string of the molecule is CCc1c(N)n[nH]c1-c1cccc(OC(C)C)c1. The fourth-order valence-corrected chi connectivity index (χ4v) is 1.97. The van der Waals surface area contributed by atoms with Gasteiger partial charge in [0, 0.05) is 11.1 Å². The van der Waals surface area contributed by atoms with Crippen molar-refractivity contribution in [1.82, 2.24) is 10.2 Å². The number of nitrogens with zero attached hydrogens (tertiary/aromatic N) is 1. The van der Waals surface area contributed by atoms with E-state index in [-0.39, 0.29) is 6.10 Å². The summed E-state index contributed by atoms with van der Waals surface area (Å²) in [4.78, 5) is 0. The van der Waals surface area contributed by atoms with E-state index >= 15 is 0 Å². The molecule has 0 aliphatic rings. The fraction of sp³-hybridized carbons (Fsp3) is 0.357. The zero-order chi connectivity index (χ0) is 13.1. The molecule has 18 heavy (non-hydrogen) atoms. The first kappa shape index (κ1) is 12.5. The molecule has 0 atom stereocenters. The van der Waals surface area contributed by atoms with Crippen molar-refractivity contribution in [3.8, 4) is 17.0 Å². The Morgan fingerprint density at radius 2 is 2.17 bits per heavy atom. The van der Waals surface area contributed by atoms with Gasteiger partial charge in [-0.1, -0.05) is 19.1 Å². The molecule has 0 radical (unpaired) electrons. The molecule has 96 valence electrons. The van der Waals surface area contributed by atoms with E-state index in [0.29, 0.717) is 5.82 Å². The average Bonchev–Trinajstić information content (AvgIpc) is 2.70. The maximum absolute atomic E-state index is 5.83. The third-order valence-electron chi connectivity index (χ3n) is 2.75. The predicted molar refractivity (Wildman–Crippen MR) is 73.6 cm³/mol. The standard InChI is InChI=1S/C14H19N3O/c1-4-12-13(16-17-14(12)15)10-6-5-7-11(8-10)18-9(2)3/h5-9H,4H2,1-3H3,(H3,15,16,17). The molecule has 0 spiro atoms. The van der Waals surface area contributed by atoms with Crippen molar-refractivity contribution in [3.63, 3.8) is 0 Å². The van der Waals surface area contributed by atoms with Gasteiger partial charge in [0.25, 0.3) is 0 Å². The molecule has 0 aliphatic heterocycles. The minimum atomic E-state index is 0.165. The summed E-state index contributed by atoms with van der Waals surface area (Å²) in [6.45, 7) is 6.09. The van der Waals surface area contributed by atoms with E-state index in [1.165, 1.54) is 0 Å². The quantitative estimate of drug-likeness (QED) is 0.870. The molecule has 1 heterocycles. The van der Waals surface area contributed by atoms with Crippen LogP contribution in [0.15, 0.2) is 24.3 Å². The molecule has 2 aromatic rings. The van der Waals surface area contributed by atoms with E-state index in [0.717, 1.165) is 29.0 Å². The summed E-state index contributed by atoms with van der Waals surface area (Å²) < 4.78 is 5.69. The second-order valence-electron chi connectivity index (χ2n) is 4.51. The number of nitrogens with two attached hydrogens (primary N) is 1. The van der Waals surface area contributed by atoms with Crippen molar-refractivity contribution in [2.45, 2.75) is 33.3 Å². The topological polar surface area (TPSA) is 63.9 Å². The van der Waals surface area contributed by atoms with Crippen molar-refractivity contribution < 1.29 is 4.74 Å². The first-order valence-corrected chi connectivity index (χ1v) is 6.21. The van der Waals surface area contributed by atoms with E-state index in [1.807, 2.05) is 38.1 Å². The van der Waals surface area contributed by atoms with Gasteiger partial charge in [0.1, 0.15) is 11.6 Å². The Bertz CT molecular complexity index is 532. The number of aromatic nitrogens is 2. The molecule has 4 nitrogen and oxygen atoms in total. The zero-order valence-electron chi connectivity index (χ0n) is 11.0. The third-order valence-corrected chi connectivity index (χ3v) is 2.75. The lowest BCUT2D eigenvalue weighted by Crippen LogP contribution is -2.05. The molecule has 0 saturated heterocycles. The number of ether oxygens (including phenoxy) is 1. The van der Waals surface area contributed by atoms with E-state index in [4.69, 9.17) is 10.5 Å². The normalized spacial score (nSPS) is 10.9. The van der Waals surface area contributed by atoms with Gasteiger partial charge in [0.05, 0.1) is 11.8 Å². The second-order valence-corrected chi connectivity index (χ2v) is 4.51. The highest BCUT2D eigenvalue weighted by Gasteiger charge is 2.11. The summed E-state index contributed by atoms with van der Waals surface area (Å²) in [6, 6.07) is 7.96. The van der Waals surface area contributed by atoms with Gasteiger partial charge >= 0.3 is 0 Å². The number of anilines is 1. The Hall–Kier alpha value is -1.97. The van der Waals surface area contributed by atoms with Gasteiger partial charge in [-0.25, -0.2) is 0 Å². The minimum Gasteiger partial charge on any atom is -0.491 e. The van der Waals surface area contributed by atoms with Crippen molar-refractivity contribution in [1.29, 1.82) is 0 Å². The number of hydrogen-bond donors (Lipinski definition) is 2. The summed E-state index contributed by atoms with van der Waals surface area (Å²) in [7, 11) is 0. The molecule has 0 bridgehead atoms. The summed E-state index contributed by atoms with van der Waals surface area (Å²) in [5.74, 6) is 1.43. The number of nitrogens with one attached hydrogen (secondary N) is 1. The van der Waals surface area contributed by atoms with Crippen LogP contribution in [0, 0.1) is 0 Å². The van der Waals surface area contributed by atoms with E-state index < -0.39 is 0 Å². The molecular weight excluding hydrogens is 226 g/mol. The van der Waals surface area contributed by atoms with Crippen LogP contribution in [0.25, 0.3) is 11.3 Å². The fourth-order valence-electron chi connectivity index (χ4n) is 1.97. The van der Waals surface area contributed by atoms with Crippen LogP contribution in [-0.2, 0) is 6.42 Å². The van der Waals surface area contributed by atoms with E-state index in [2.05, 4.69) is 17.1 Å². The highest BCUT2D eigenvalue weighted by molar-refractivity contribution is 5.69. The number of H-pyrrole nitrogens is 1. The van der Waals surface area contributed by atoms with Gasteiger partial charge in [-0.15, -0.1) is 0 Å². The predicted octanol–water partition coefficient (Wildman–Crippen LogP) is 3.01. The van der Waals surface area contributed by atoms with Crippen LogP contribution in [0.3, 0.4) is 0 Å². The smallest absolute Gasteiger partial charge is 0.149 e. The summed E-state index contributed by atoms with van der Waals surface area (Å²) in [5.41, 5.74) is 8.91. The molecule has 3 N–H and O–H groups in total. The van der Waals surface area contributed by atoms with Crippen LogP contribution in [0.4, 0.5) is 5.82 Å². The van der Waals surface area contributed by atoms with Crippen LogP contribution in [-0.4, -0.2) is 16.3 Å². The minimum absolute atomic E-state index is 0.165. The maximum atomic E-state index is 5.83. The van der Waals surface area contributed by atoms with Crippen LogP contribution in [0.1, 0.15) is 26.3 Å². The van der Waals surface area contributed by atoms with Crippen molar-refractivity contribution >= 4 is 5.82 Å². The molecule has 1 aromatic carbocycles. The van der Waals surface area contributed by atoms with Crippen LogP contribution in [0.5, 0.6) is 5.75 Å². The first-order valence-electron chi connectivity index (χ1n) is 6.21. The molecule has 0 unspecified atom stereocenters. The molecule has 0 saturated carbocycles. The molecule has 2 rings (SSSR count). The third kappa shape index (κ3) is 2.47. The highest BCUT2D eigenvalue weighted by Crippen LogP contribution is 2.28. The van der Waals surface area contributed by atoms with Crippen LogP contribution < -0.4 is 10.5 Å². The number of rotatable bonds is 4. The number of aromatic amines is 1. The Balaban J connectivity index is 2.38. The van der Waals surface area contributed by atoms with E-state index in [9.17, 15) is 0 Å². The largest absolute Gasteiger partial charge is 0.491 e. The monoisotopic (exact) mass is 245 g/mol. The second kappa shape index (κ2) is 5.12. The molecule has 0 amide bonds. The lowest BCUT2D eigenvalue weighted by atomic mass is 10.1. The zero-order valence-corrected chi connectivity index (χ0v) is 11.0. The van der Waals surface area contributed by atoms with Gasteiger partial charge in [-0.3, -0.25) is 5.10 Å². The molecular formula is C14H19N3O. The Morgan fingerprint density at radius 3 is 2.83 bits per heavy atom. The van der Waals surface area contributed by atoms with Crippen molar-refractivity contribution in [2.75, 3.05) is 5.73 Å². The highest BCUT2D eigenvalue weighted by atomic mass is 16.5. The van der Waals surface area contributed by atoms with Gasteiger partial charge in [-0.05, 0) is 32.4 Å². The average molecular weight is 245 g/mol. The Labute approximate surface area is 107 Å². The summed E-state index contributed by atoms with van der Waals surface area (Å²) in [5, 5.41) is 7.06. The number of hydrogen-bond acceptors (Lipinski definition) is 3. The van der Waals surface area contributed by atoms with Crippen LogP contribution in [0.2, 0.25) is 0 Å². The maximum Gasteiger partial charge on any atom is 0.149 e. The number of nitrogen functional groups attached to an aromatic ring is 1. The van der Waals surface area contributed by atoms with Gasteiger partial charge in [0.15, 0.2) is 0 Å². The lowest BCUT2D eigenvalue weighted by Gasteiger charge is -2.10. The van der Waals surface area contributed by atoms with E-state index in [1.54, 1.807) is 0 Å². The molecule has 0 aliphatic carbocycles. The van der Waals surface area contributed by atoms with Gasteiger partial charge < -0.3 is 10.5 Å². The molecule has 0 fully saturated rings. The summed E-state index contributed by atoms with van der Waals surface area (Å²) >= 11 is 0. The lowest BCUT2D eigenvalue weighted by molar-refractivity contribution is 0.242. The van der Waals surface area contributed by atoms with Crippen LogP contribution >= 0.6 is 0 Å². The van der Waals surface area contributed by atoms with Crippen molar-refractivity contribution in [3.05, 3.63) is 29.8 Å². The Morgan fingerprint density at radius 1 is 1.39 bits per heavy atom. The summed E-state index contributed by atoms with van der Waals surface area (Å²) in [6.07, 6.45) is 1.02.